The topological polar surface area (TPSA) is 62.3 Å². The highest BCUT2D eigenvalue weighted by molar-refractivity contribution is 9.10. The fourth-order valence-corrected chi connectivity index (χ4v) is 4.02. The molecular weight excluding hydrogens is 434 g/mol. The molecule has 2 aromatic rings. The lowest BCUT2D eigenvalue weighted by molar-refractivity contribution is -0.122. The number of nitrogens with one attached hydrogen (secondary N) is 1. The molecule has 132 valence electrons. The van der Waals surface area contributed by atoms with Crippen LogP contribution in [0.4, 0.5) is 5.82 Å². The van der Waals surface area contributed by atoms with Crippen LogP contribution in [0.25, 0.3) is 6.08 Å². The van der Waals surface area contributed by atoms with Crippen LogP contribution < -0.4 is 5.32 Å². The number of nitrogens with zero attached hydrogens (tertiary/aromatic N) is 2. The number of anilines is 1. The highest BCUT2D eigenvalue weighted by Crippen LogP contribution is 2.32. The van der Waals surface area contributed by atoms with Crippen LogP contribution >= 0.6 is 39.9 Å². The number of amides is 2. The fourth-order valence-electron chi connectivity index (χ4n) is 2.30. The van der Waals surface area contributed by atoms with Gasteiger partial charge in [0.05, 0.1) is 4.91 Å². The minimum absolute atomic E-state index is 0.146. The molecule has 0 radical (unpaired) electrons. The van der Waals surface area contributed by atoms with E-state index in [4.69, 9.17) is 12.2 Å². The lowest BCUT2D eigenvalue weighted by Crippen LogP contribution is -2.31. The molecule has 8 heteroatoms. The van der Waals surface area contributed by atoms with Crippen LogP contribution in [0.3, 0.4) is 0 Å². The molecule has 0 unspecified atom stereocenters. The summed E-state index contributed by atoms with van der Waals surface area (Å²) < 4.78 is 1.40. The summed E-state index contributed by atoms with van der Waals surface area (Å²) >= 11 is 9.95. The number of hydrogen-bond donors (Lipinski definition) is 1. The Morgan fingerprint density at radius 3 is 2.88 bits per heavy atom. The van der Waals surface area contributed by atoms with Gasteiger partial charge in [0.2, 0.25) is 5.91 Å². The van der Waals surface area contributed by atoms with Crippen molar-refractivity contribution in [1.82, 2.24) is 9.88 Å². The number of aromatic nitrogens is 1. The second kappa shape index (κ2) is 8.57. The maximum atomic E-state index is 12.6. The highest BCUT2D eigenvalue weighted by atomic mass is 79.9. The summed E-state index contributed by atoms with van der Waals surface area (Å²) in [6.45, 7) is 0.235. The summed E-state index contributed by atoms with van der Waals surface area (Å²) in [7, 11) is 0. The number of thioether (sulfide) groups is 1. The SMILES string of the molecule is O=C(CCN1C(=O)C(=Cc2cccc(Br)c2)SC1=S)Nc1ccccn1. The summed E-state index contributed by atoms with van der Waals surface area (Å²) in [5.74, 6) is 0.0942. The van der Waals surface area contributed by atoms with Crippen molar-refractivity contribution in [3.63, 3.8) is 0 Å². The zero-order chi connectivity index (χ0) is 18.5. The van der Waals surface area contributed by atoms with Gasteiger partial charge in [-0.05, 0) is 35.9 Å². The van der Waals surface area contributed by atoms with Crippen LogP contribution in [-0.4, -0.2) is 32.6 Å². The van der Waals surface area contributed by atoms with E-state index in [1.165, 1.54) is 16.7 Å². The van der Waals surface area contributed by atoms with Crippen LogP contribution in [0.1, 0.15) is 12.0 Å². The number of benzene rings is 1. The van der Waals surface area contributed by atoms with E-state index in [0.29, 0.717) is 15.0 Å². The van der Waals surface area contributed by atoms with Crippen LogP contribution in [-0.2, 0) is 9.59 Å². The summed E-state index contributed by atoms with van der Waals surface area (Å²) in [5.41, 5.74) is 0.910. The van der Waals surface area contributed by atoms with Gasteiger partial charge in [0.1, 0.15) is 10.1 Å². The molecular formula is C18H14BrN3O2S2. The second-order valence-electron chi connectivity index (χ2n) is 5.40. The predicted molar refractivity (Wildman–Crippen MR) is 112 cm³/mol. The number of halogens is 1. The van der Waals surface area contributed by atoms with Crippen LogP contribution in [0.15, 0.2) is 58.0 Å². The molecule has 0 aliphatic carbocycles. The minimum atomic E-state index is -0.214. The molecule has 1 aliphatic rings. The van der Waals surface area contributed by atoms with Crippen LogP contribution in [0.2, 0.25) is 0 Å². The van der Waals surface area contributed by atoms with Crippen molar-refractivity contribution in [2.75, 3.05) is 11.9 Å². The summed E-state index contributed by atoms with van der Waals surface area (Å²) in [5, 5.41) is 2.69. The van der Waals surface area contributed by atoms with Gasteiger partial charge in [-0.15, -0.1) is 0 Å². The van der Waals surface area contributed by atoms with E-state index in [2.05, 4.69) is 26.2 Å². The Labute approximate surface area is 169 Å². The van der Waals surface area contributed by atoms with Gasteiger partial charge in [0.15, 0.2) is 0 Å². The Kier molecular flexibility index (Phi) is 6.18. The van der Waals surface area contributed by atoms with Gasteiger partial charge >= 0.3 is 0 Å². The normalized spacial score (nSPS) is 15.6. The summed E-state index contributed by atoms with van der Waals surface area (Å²) in [4.78, 5) is 30.7. The molecule has 0 spiro atoms. The lowest BCUT2D eigenvalue weighted by atomic mass is 10.2. The molecule has 0 atom stereocenters. The molecule has 3 rings (SSSR count). The third-order valence-corrected chi connectivity index (χ3v) is 5.39. The van der Waals surface area contributed by atoms with Crippen molar-refractivity contribution in [2.24, 2.45) is 0 Å². The summed E-state index contributed by atoms with van der Waals surface area (Å²) in [6.07, 6.45) is 3.55. The van der Waals surface area contributed by atoms with Crippen molar-refractivity contribution in [3.05, 3.63) is 63.6 Å². The van der Waals surface area contributed by atoms with E-state index in [1.807, 2.05) is 24.3 Å². The number of thiocarbonyl (C=S) groups is 1. The van der Waals surface area contributed by atoms with Crippen molar-refractivity contribution < 1.29 is 9.59 Å². The first kappa shape index (κ1) is 18.8. The third-order valence-electron chi connectivity index (χ3n) is 3.51. The highest BCUT2D eigenvalue weighted by Gasteiger charge is 2.32. The number of hydrogen-bond acceptors (Lipinski definition) is 5. The number of carbonyl (C=O) groups is 2. The first-order valence-electron chi connectivity index (χ1n) is 7.75. The minimum Gasteiger partial charge on any atom is -0.311 e. The molecule has 2 amide bonds. The van der Waals surface area contributed by atoms with Crippen molar-refractivity contribution in [1.29, 1.82) is 0 Å². The van der Waals surface area contributed by atoms with Gasteiger partial charge in [-0.1, -0.05) is 58.1 Å². The molecule has 0 saturated carbocycles. The van der Waals surface area contributed by atoms with Crippen LogP contribution in [0.5, 0.6) is 0 Å². The maximum Gasteiger partial charge on any atom is 0.266 e. The zero-order valence-corrected chi connectivity index (χ0v) is 16.7. The Bertz CT molecular complexity index is 887. The number of pyridine rings is 1. The number of carbonyl (C=O) groups excluding carboxylic acids is 2. The maximum absolute atomic E-state index is 12.6. The first-order chi connectivity index (χ1) is 12.5. The van der Waals surface area contributed by atoms with E-state index in [9.17, 15) is 9.59 Å². The van der Waals surface area contributed by atoms with E-state index in [0.717, 1.165) is 10.0 Å². The second-order valence-corrected chi connectivity index (χ2v) is 7.99. The molecule has 1 aliphatic heterocycles. The van der Waals surface area contributed by atoms with Gasteiger partial charge in [0.25, 0.3) is 5.91 Å². The first-order valence-corrected chi connectivity index (χ1v) is 9.76. The van der Waals surface area contributed by atoms with Crippen molar-refractivity contribution in [2.45, 2.75) is 6.42 Å². The fraction of sp³-hybridized carbons (Fsp3) is 0.111. The van der Waals surface area contributed by atoms with Gasteiger partial charge < -0.3 is 5.32 Å². The largest absolute Gasteiger partial charge is 0.311 e. The monoisotopic (exact) mass is 447 g/mol. The van der Waals surface area contributed by atoms with Gasteiger partial charge in [-0.25, -0.2) is 4.98 Å². The Morgan fingerprint density at radius 2 is 2.15 bits per heavy atom. The van der Waals surface area contributed by atoms with Crippen molar-refractivity contribution >= 4 is 67.9 Å². The Balaban J connectivity index is 1.61. The average molecular weight is 448 g/mol. The molecule has 26 heavy (non-hydrogen) atoms. The molecule has 1 aromatic carbocycles. The smallest absolute Gasteiger partial charge is 0.266 e. The molecule has 2 heterocycles. The molecule has 1 saturated heterocycles. The predicted octanol–water partition coefficient (Wildman–Crippen LogP) is 4.07. The lowest BCUT2D eigenvalue weighted by Gasteiger charge is -2.13. The van der Waals surface area contributed by atoms with Crippen molar-refractivity contribution in [3.8, 4) is 0 Å². The third kappa shape index (κ3) is 4.78. The number of rotatable bonds is 5. The quantitative estimate of drug-likeness (QED) is 0.552. The van der Waals surface area contributed by atoms with Crippen LogP contribution in [0, 0.1) is 0 Å². The average Bonchev–Trinajstić information content (AvgIpc) is 2.87. The molecule has 0 bridgehead atoms. The Morgan fingerprint density at radius 1 is 1.31 bits per heavy atom. The van der Waals surface area contributed by atoms with E-state index in [-0.39, 0.29) is 24.8 Å². The van der Waals surface area contributed by atoms with Gasteiger partial charge in [-0.3, -0.25) is 14.5 Å². The molecule has 1 fully saturated rings. The van der Waals surface area contributed by atoms with E-state index in [1.54, 1.807) is 30.5 Å². The van der Waals surface area contributed by atoms with Gasteiger partial charge in [0, 0.05) is 23.6 Å². The molecule has 5 nitrogen and oxygen atoms in total. The Hall–Kier alpha value is -2.03. The van der Waals surface area contributed by atoms with E-state index >= 15 is 0 Å². The molecule has 1 N–H and O–H groups in total. The van der Waals surface area contributed by atoms with Gasteiger partial charge in [-0.2, -0.15) is 0 Å². The zero-order valence-electron chi connectivity index (χ0n) is 13.5. The summed E-state index contributed by atoms with van der Waals surface area (Å²) in [6, 6.07) is 12.9. The van der Waals surface area contributed by atoms with E-state index < -0.39 is 0 Å². The molecule has 1 aromatic heterocycles. The standard InChI is InChI=1S/C18H14BrN3O2S2/c19-13-5-3-4-12(10-13)11-14-17(24)22(18(25)26-14)9-7-16(23)21-15-6-1-2-8-20-15/h1-6,8,10-11H,7,9H2,(H,20,21,23).